The van der Waals surface area contributed by atoms with E-state index in [9.17, 15) is 4.79 Å². The molecule has 19 heavy (non-hydrogen) atoms. The van der Waals surface area contributed by atoms with Crippen LogP contribution in [0.4, 0.5) is 0 Å². The van der Waals surface area contributed by atoms with Crippen LogP contribution in [0.15, 0.2) is 18.2 Å². The lowest BCUT2D eigenvalue weighted by Gasteiger charge is -2.10. The van der Waals surface area contributed by atoms with Crippen molar-refractivity contribution >= 4 is 5.91 Å². The molecule has 1 unspecified atom stereocenters. The Morgan fingerprint density at radius 2 is 2.00 bits per heavy atom. The van der Waals surface area contributed by atoms with Gasteiger partial charge in [-0.05, 0) is 31.0 Å². The van der Waals surface area contributed by atoms with E-state index in [2.05, 4.69) is 5.32 Å². The van der Waals surface area contributed by atoms with Crippen molar-refractivity contribution in [1.29, 1.82) is 0 Å². The summed E-state index contributed by atoms with van der Waals surface area (Å²) in [5.74, 6) is 1.17. The van der Waals surface area contributed by atoms with E-state index in [1.807, 2.05) is 6.07 Å². The summed E-state index contributed by atoms with van der Waals surface area (Å²) < 4.78 is 10.3. The molecule has 5 nitrogen and oxygen atoms in total. The van der Waals surface area contributed by atoms with Crippen LogP contribution in [0, 0.1) is 0 Å². The summed E-state index contributed by atoms with van der Waals surface area (Å²) in [5.41, 5.74) is 0.854. The molecule has 106 valence electrons. The van der Waals surface area contributed by atoms with Crippen LogP contribution in [-0.2, 0) is 11.2 Å². The monoisotopic (exact) mass is 267 g/mol. The lowest BCUT2D eigenvalue weighted by molar-refractivity contribution is -0.120. The summed E-state index contributed by atoms with van der Waals surface area (Å²) >= 11 is 0. The number of hydrogen-bond acceptors (Lipinski definition) is 4. The number of carbonyl (C=O) groups excluding carboxylic acids is 1. The summed E-state index contributed by atoms with van der Waals surface area (Å²) in [4.78, 5) is 11.7. The van der Waals surface area contributed by atoms with Gasteiger partial charge < -0.3 is 19.9 Å². The number of rotatable bonds is 7. The number of hydrogen-bond donors (Lipinski definition) is 2. The normalized spacial score (nSPS) is 11.8. The minimum absolute atomic E-state index is 0.0760. The molecular weight excluding hydrogens is 246 g/mol. The van der Waals surface area contributed by atoms with E-state index in [0.717, 1.165) is 5.56 Å². The fourth-order valence-corrected chi connectivity index (χ4v) is 1.66. The van der Waals surface area contributed by atoms with Gasteiger partial charge in [-0.15, -0.1) is 0 Å². The fourth-order valence-electron chi connectivity index (χ4n) is 1.66. The zero-order chi connectivity index (χ0) is 14.3. The van der Waals surface area contributed by atoms with Crippen LogP contribution in [-0.4, -0.2) is 37.9 Å². The van der Waals surface area contributed by atoms with E-state index in [0.29, 0.717) is 24.5 Å². The quantitative estimate of drug-likeness (QED) is 0.777. The Labute approximate surface area is 113 Å². The number of nitrogens with one attached hydrogen (secondary N) is 1. The predicted molar refractivity (Wildman–Crippen MR) is 72.6 cm³/mol. The molecular formula is C14H21NO4. The Hall–Kier alpha value is -1.75. The molecule has 5 heteroatoms. The number of ether oxygens (including phenoxy) is 2. The first-order chi connectivity index (χ1) is 9.06. The van der Waals surface area contributed by atoms with Crippen LogP contribution >= 0.6 is 0 Å². The van der Waals surface area contributed by atoms with E-state index in [1.54, 1.807) is 33.3 Å². The third-order valence-electron chi connectivity index (χ3n) is 2.70. The number of aliphatic hydroxyl groups is 1. The minimum atomic E-state index is -0.401. The summed E-state index contributed by atoms with van der Waals surface area (Å²) in [7, 11) is 3.13. The second-order valence-electron chi connectivity index (χ2n) is 4.35. The second-order valence-corrected chi connectivity index (χ2v) is 4.35. The Bertz CT molecular complexity index is 418. The number of amides is 1. The maximum atomic E-state index is 11.7. The van der Waals surface area contributed by atoms with Crippen LogP contribution in [0.2, 0.25) is 0 Å². The highest BCUT2D eigenvalue weighted by Crippen LogP contribution is 2.27. The lowest BCUT2D eigenvalue weighted by Crippen LogP contribution is -2.27. The fraction of sp³-hybridized carbons (Fsp3) is 0.500. The molecule has 0 aliphatic carbocycles. The maximum absolute atomic E-state index is 11.7. The second kappa shape index (κ2) is 7.63. The third kappa shape index (κ3) is 5.18. The first kappa shape index (κ1) is 15.3. The minimum Gasteiger partial charge on any atom is -0.493 e. The van der Waals surface area contributed by atoms with Crippen molar-refractivity contribution in [3.63, 3.8) is 0 Å². The average Bonchev–Trinajstić information content (AvgIpc) is 2.38. The van der Waals surface area contributed by atoms with Crippen LogP contribution in [0.5, 0.6) is 11.5 Å². The number of methoxy groups -OCH3 is 2. The van der Waals surface area contributed by atoms with Crippen LogP contribution in [0.1, 0.15) is 18.9 Å². The van der Waals surface area contributed by atoms with Crippen molar-refractivity contribution in [2.75, 3.05) is 20.8 Å². The molecule has 0 saturated carbocycles. The SMILES string of the molecule is COc1ccc(CC(=O)NCCC(C)O)cc1OC. The highest BCUT2D eigenvalue weighted by atomic mass is 16.5. The smallest absolute Gasteiger partial charge is 0.224 e. The molecule has 1 rings (SSSR count). The van der Waals surface area contributed by atoms with E-state index < -0.39 is 6.10 Å². The number of benzene rings is 1. The van der Waals surface area contributed by atoms with E-state index in [4.69, 9.17) is 14.6 Å². The maximum Gasteiger partial charge on any atom is 0.224 e. The van der Waals surface area contributed by atoms with Gasteiger partial charge >= 0.3 is 0 Å². The van der Waals surface area contributed by atoms with Crippen LogP contribution < -0.4 is 14.8 Å². The van der Waals surface area contributed by atoms with Crippen LogP contribution in [0.3, 0.4) is 0 Å². The molecule has 0 radical (unpaired) electrons. The molecule has 1 atom stereocenters. The van der Waals surface area contributed by atoms with Crippen molar-refractivity contribution < 1.29 is 19.4 Å². The van der Waals surface area contributed by atoms with Gasteiger partial charge in [-0.3, -0.25) is 4.79 Å². The molecule has 0 heterocycles. The molecule has 1 aromatic rings. The summed E-state index contributed by atoms with van der Waals surface area (Å²) in [6.45, 7) is 2.17. The molecule has 2 N–H and O–H groups in total. The van der Waals surface area contributed by atoms with Gasteiger partial charge in [0, 0.05) is 6.54 Å². The van der Waals surface area contributed by atoms with Crippen molar-refractivity contribution in [3.8, 4) is 11.5 Å². The van der Waals surface area contributed by atoms with E-state index in [1.165, 1.54) is 0 Å². The Morgan fingerprint density at radius 1 is 1.32 bits per heavy atom. The Balaban J connectivity index is 2.54. The van der Waals surface area contributed by atoms with Gasteiger partial charge in [0.2, 0.25) is 5.91 Å². The molecule has 0 aliphatic heterocycles. The van der Waals surface area contributed by atoms with Gasteiger partial charge in [-0.25, -0.2) is 0 Å². The number of carbonyl (C=O) groups is 1. The van der Waals surface area contributed by atoms with Crippen molar-refractivity contribution in [3.05, 3.63) is 23.8 Å². The Morgan fingerprint density at radius 3 is 2.58 bits per heavy atom. The van der Waals surface area contributed by atoms with Crippen molar-refractivity contribution in [2.45, 2.75) is 25.9 Å². The van der Waals surface area contributed by atoms with E-state index in [-0.39, 0.29) is 12.3 Å². The number of aliphatic hydroxyl groups excluding tert-OH is 1. The first-order valence-corrected chi connectivity index (χ1v) is 6.22. The summed E-state index contributed by atoms with van der Waals surface area (Å²) in [6.07, 6.45) is 0.430. The first-order valence-electron chi connectivity index (χ1n) is 6.22. The van der Waals surface area contributed by atoms with Gasteiger partial charge in [0.25, 0.3) is 0 Å². The van der Waals surface area contributed by atoms with Gasteiger partial charge in [0.1, 0.15) is 0 Å². The summed E-state index contributed by atoms with van der Waals surface area (Å²) in [6, 6.07) is 5.39. The topological polar surface area (TPSA) is 67.8 Å². The molecule has 0 bridgehead atoms. The molecule has 1 amide bonds. The molecule has 1 aromatic carbocycles. The molecule has 0 aliphatic rings. The highest BCUT2D eigenvalue weighted by Gasteiger charge is 2.08. The predicted octanol–water partition coefficient (Wildman–Crippen LogP) is 1.13. The standard InChI is InChI=1S/C14H21NO4/c1-10(16)6-7-15-14(17)9-11-4-5-12(18-2)13(8-11)19-3/h4-5,8,10,16H,6-7,9H2,1-3H3,(H,15,17). The average molecular weight is 267 g/mol. The van der Waals surface area contributed by atoms with Gasteiger partial charge in [0.15, 0.2) is 11.5 Å². The highest BCUT2D eigenvalue weighted by molar-refractivity contribution is 5.78. The van der Waals surface area contributed by atoms with Gasteiger partial charge in [-0.2, -0.15) is 0 Å². The zero-order valence-electron chi connectivity index (χ0n) is 11.6. The molecule has 0 spiro atoms. The van der Waals surface area contributed by atoms with E-state index >= 15 is 0 Å². The van der Waals surface area contributed by atoms with Crippen LogP contribution in [0.25, 0.3) is 0 Å². The Kier molecular flexibility index (Phi) is 6.15. The van der Waals surface area contributed by atoms with Crippen molar-refractivity contribution in [2.24, 2.45) is 0 Å². The molecule has 0 saturated heterocycles. The van der Waals surface area contributed by atoms with Gasteiger partial charge in [-0.1, -0.05) is 6.07 Å². The van der Waals surface area contributed by atoms with Gasteiger partial charge in [0.05, 0.1) is 26.7 Å². The largest absolute Gasteiger partial charge is 0.493 e. The third-order valence-corrected chi connectivity index (χ3v) is 2.70. The molecule has 0 aromatic heterocycles. The lowest BCUT2D eigenvalue weighted by atomic mass is 10.1. The zero-order valence-corrected chi connectivity index (χ0v) is 11.6. The molecule has 0 fully saturated rings. The van der Waals surface area contributed by atoms with Crippen molar-refractivity contribution in [1.82, 2.24) is 5.32 Å². The summed E-state index contributed by atoms with van der Waals surface area (Å²) in [5, 5.41) is 11.9.